The number of halogens is 1. The predicted molar refractivity (Wildman–Crippen MR) is 51.3 cm³/mol. The van der Waals surface area contributed by atoms with Crippen LogP contribution in [0.4, 0.5) is 15.8 Å². The molecule has 0 bridgehead atoms. The molecule has 0 aliphatic heterocycles. The molecule has 0 heterocycles. The van der Waals surface area contributed by atoms with E-state index in [0.29, 0.717) is 5.69 Å². The molecule has 1 rings (SSSR count). The molecule has 0 fully saturated rings. The van der Waals surface area contributed by atoms with Gasteiger partial charge < -0.3 is 20.8 Å². The van der Waals surface area contributed by atoms with E-state index in [4.69, 9.17) is 15.5 Å². The second-order valence-corrected chi connectivity index (χ2v) is 4.38. The molecular weight excluding hydrogens is 210 g/mol. The predicted octanol–water partition coefficient (Wildman–Crippen LogP) is 0.955. The Morgan fingerprint density at radius 1 is 1.50 bits per heavy atom. The van der Waals surface area contributed by atoms with E-state index < -0.39 is 19.7 Å². The van der Waals surface area contributed by atoms with Crippen LogP contribution in [-0.2, 0) is 4.57 Å². The highest BCUT2D eigenvalue weighted by Gasteiger charge is 2.12. The highest BCUT2D eigenvalue weighted by Crippen LogP contribution is 2.34. The zero-order valence-electron chi connectivity index (χ0n) is 7.14. The molecule has 0 aliphatic carbocycles. The van der Waals surface area contributed by atoms with Gasteiger partial charge in [0.05, 0.1) is 11.4 Å². The summed E-state index contributed by atoms with van der Waals surface area (Å²) in [6, 6.07) is 3.54. The Morgan fingerprint density at radius 2 is 2.14 bits per heavy atom. The van der Waals surface area contributed by atoms with Crippen molar-refractivity contribution in [3.8, 4) is 0 Å². The van der Waals surface area contributed by atoms with Crippen LogP contribution in [0.1, 0.15) is 0 Å². The molecule has 5 nitrogen and oxygen atoms in total. The van der Waals surface area contributed by atoms with Gasteiger partial charge in [0.25, 0.3) is 0 Å². The number of rotatable bonds is 3. The minimum atomic E-state index is -4.12. The summed E-state index contributed by atoms with van der Waals surface area (Å²) in [5, 5.41) is 2.43. The van der Waals surface area contributed by atoms with Crippen LogP contribution in [-0.4, -0.2) is 16.1 Å². The maximum absolute atomic E-state index is 12.6. The Kier molecular flexibility index (Phi) is 3.10. The van der Waals surface area contributed by atoms with Crippen LogP contribution < -0.4 is 11.1 Å². The molecule has 0 saturated heterocycles. The molecule has 0 unspecified atom stereocenters. The molecule has 0 amide bonds. The van der Waals surface area contributed by atoms with E-state index in [-0.39, 0.29) is 5.69 Å². The van der Waals surface area contributed by atoms with Crippen LogP contribution >= 0.6 is 7.60 Å². The van der Waals surface area contributed by atoms with Crippen molar-refractivity contribution in [2.45, 2.75) is 0 Å². The van der Waals surface area contributed by atoms with Crippen molar-refractivity contribution >= 4 is 19.0 Å². The number of anilines is 2. The van der Waals surface area contributed by atoms with Crippen LogP contribution in [0.15, 0.2) is 18.2 Å². The number of nitrogen functional groups attached to an aromatic ring is 1. The highest BCUT2D eigenvalue weighted by molar-refractivity contribution is 7.51. The summed E-state index contributed by atoms with van der Waals surface area (Å²) in [4.78, 5) is 17.1. The SMILES string of the molecule is Nc1cc(F)ccc1NCP(=O)(O)O. The van der Waals surface area contributed by atoms with E-state index in [9.17, 15) is 8.96 Å². The van der Waals surface area contributed by atoms with Crippen molar-refractivity contribution in [1.82, 2.24) is 0 Å². The molecule has 78 valence electrons. The van der Waals surface area contributed by atoms with Crippen molar-refractivity contribution in [3.63, 3.8) is 0 Å². The first-order valence-electron chi connectivity index (χ1n) is 3.72. The third-order valence-electron chi connectivity index (χ3n) is 1.49. The summed E-state index contributed by atoms with van der Waals surface area (Å²) in [5.41, 5.74) is 5.81. The second kappa shape index (κ2) is 3.96. The third-order valence-corrected chi connectivity index (χ3v) is 2.06. The van der Waals surface area contributed by atoms with Crippen molar-refractivity contribution in [1.29, 1.82) is 0 Å². The smallest absolute Gasteiger partial charge is 0.344 e. The number of benzene rings is 1. The lowest BCUT2D eigenvalue weighted by molar-refractivity contribution is 0.375. The Hall–Kier alpha value is -1.10. The minimum Gasteiger partial charge on any atom is -0.397 e. The Bertz CT molecular complexity index is 379. The summed E-state index contributed by atoms with van der Waals surface area (Å²) < 4.78 is 23.1. The first-order valence-corrected chi connectivity index (χ1v) is 5.52. The quantitative estimate of drug-likeness (QED) is 0.449. The van der Waals surface area contributed by atoms with Crippen molar-refractivity contribution < 1.29 is 18.7 Å². The van der Waals surface area contributed by atoms with E-state index in [1.165, 1.54) is 6.07 Å². The number of hydrogen-bond acceptors (Lipinski definition) is 3. The molecular formula is C7H10FN2O3P. The van der Waals surface area contributed by atoms with Gasteiger partial charge >= 0.3 is 7.60 Å². The van der Waals surface area contributed by atoms with Crippen LogP contribution in [0.2, 0.25) is 0 Å². The lowest BCUT2D eigenvalue weighted by atomic mass is 10.2. The van der Waals surface area contributed by atoms with E-state index in [1.54, 1.807) is 0 Å². The minimum absolute atomic E-state index is 0.110. The van der Waals surface area contributed by atoms with Gasteiger partial charge in [-0.3, -0.25) is 4.57 Å². The summed E-state index contributed by atoms with van der Waals surface area (Å²) in [7, 11) is -4.12. The molecule has 14 heavy (non-hydrogen) atoms. The van der Waals surface area contributed by atoms with Gasteiger partial charge in [-0.15, -0.1) is 0 Å². The molecule has 5 N–H and O–H groups in total. The first kappa shape index (κ1) is 11.0. The van der Waals surface area contributed by atoms with E-state index in [0.717, 1.165) is 12.1 Å². The molecule has 0 radical (unpaired) electrons. The molecule has 1 aromatic rings. The standard InChI is InChI=1S/C7H10FN2O3P/c8-5-1-2-7(6(9)3-5)10-4-14(11,12)13/h1-3,10H,4,9H2,(H2,11,12,13). The zero-order chi connectivity index (χ0) is 10.8. The van der Waals surface area contributed by atoms with Crippen LogP contribution in [0.25, 0.3) is 0 Å². The van der Waals surface area contributed by atoms with Crippen molar-refractivity contribution in [2.24, 2.45) is 0 Å². The van der Waals surface area contributed by atoms with Crippen LogP contribution in [0.5, 0.6) is 0 Å². The van der Waals surface area contributed by atoms with E-state index in [2.05, 4.69) is 5.32 Å². The molecule has 0 saturated carbocycles. The maximum atomic E-state index is 12.6. The average molecular weight is 220 g/mol. The largest absolute Gasteiger partial charge is 0.397 e. The fourth-order valence-corrected chi connectivity index (χ4v) is 1.26. The van der Waals surface area contributed by atoms with Gasteiger partial charge in [0.15, 0.2) is 0 Å². The van der Waals surface area contributed by atoms with Gasteiger partial charge in [-0.25, -0.2) is 4.39 Å². The maximum Gasteiger partial charge on any atom is 0.344 e. The highest BCUT2D eigenvalue weighted by atomic mass is 31.2. The summed E-state index contributed by atoms with van der Waals surface area (Å²) in [6.07, 6.45) is -0.525. The number of nitrogens with one attached hydrogen (secondary N) is 1. The molecule has 0 aromatic heterocycles. The van der Waals surface area contributed by atoms with E-state index in [1.807, 2.05) is 0 Å². The fourth-order valence-electron chi connectivity index (χ4n) is 0.883. The van der Waals surface area contributed by atoms with Gasteiger partial charge in [0.2, 0.25) is 0 Å². The monoisotopic (exact) mass is 220 g/mol. The van der Waals surface area contributed by atoms with Crippen LogP contribution in [0.3, 0.4) is 0 Å². The van der Waals surface area contributed by atoms with Crippen molar-refractivity contribution in [2.75, 3.05) is 17.3 Å². The normalized spacial score (nSPS) is 11.4. The summed E-state index contributed by atoms with van der Waals surface area (Å²) >= 11 is 0. The molecule has 1 aromatic carbocycles. The van der Waals surface area contributed by atoms with Crippen LogP contribution in [0, 0.1) is 5.82 Å². The lowest BCUT2D eigenvalue weighted by Gasteiger charge is -2.09. The number of nitrogens with two attached hydrogens (primary N) is 1. The lowest BCUT2D eigenvalue weighted by Crippen LogP contribution is -2.04. The molecule has 7 heteroatoms. The second-order valence-electron chi connectivity index (χ2n) is 2.73. The van der Waals surface area contributed by atoms with Gasteiger partial charge in [-0.1, -0.05) is 0 Å². The average Bonchev–Trinajstić information content (AvgIpc) is 2.00. The zero-order valence-corrected chi connectivity index (χ0v) is 8.04. The first-order chi connectivity index (χ1) is 6.38. The Morgan fingerprint density at radius 3 is 2.64 bits per heavy atom. The Labute approximate surface area is 79.9 Å². The molecule has 0 spiro atoms. The van der Waals surface area contributed by atoms with Gasteiger partial charge in [0.1, 0.15) is 12.1 Å². The fraction of sp³-hybridized carbons (Fsp3) is 0.143. The van der Waals surface area contributed by atoms with Crippen molar-refractivity contribution in [3.05, 3.63) is 24.0 Å². The van der Waals surface area contributed by atoms with Gasteiger partial charge in [-0.05, 0) is 18.2 Å². The Balaban J connectivity index is 2.73. The van der Waals surface area contributed by atoms with E-state index >= 15 is 0 Å². The number of hydrogen-bond donors (Lipinski definition) is 4. The summed E-state index contributed by atoms with van der Waals surface area (Å²) in [6.45, 7) is 0. The van der Waals surface area contributed by atoms with Gasteiger partial charge in [-0.2, -0.15) is 0 Å². The molecule has 0 aliphatic rings. The van der Waals surface area contributed by atoms with Gasteiger partial charge in [0, 0.05) is 0 Å². The summed E-state index contributed by atoms with van der Waals surface area (Å²) in [5.74, 6) is -0.496. The molecule has 0 atom stereocenters. The third kappa shape index (κ3) is 3.33. The topological polar surface area (TPSA) is 95.6 Å².